The van der Waals surface area contributed by atoms with Gasteiger partial charge in [-0.1, -0.05) is 6.07 Å². The lowest BCUT2D eigenvalue weighted by Crippen LogP contribution is -2.03. The van der Waals surface area contributed by atoms with Gasteiger partial charge in [-0.15, -0.1) is 0 Å². The van der Waals surface area contributed by atoms with Gasteiger partial charge in [0.05, 0.1) is 4.92 Å². The Morgan fingerprint density at radius 3 is 2.57 bits per heavy atom. The maximum absolute atomic E-state index is 13.5. The van der Waals surface area contributed by atoms with E-state index in [1.807, 2.05) is 0 Å². The maximum atomic E-state index is 13.5. The molecule has 2 aromatic rings. The molecule has 0 heterocycles. The first-order valence-electron chi connectivity index (χ1n) is 6.05. The monoisotopic (exact) mass is 294 g/mol. The Balaban J connectivity index is 2.24. The van der Waals surface area contributed by atoms with Crippen LogP contribution < -0.4 is 10.5 Å². The summed E-state index contributed by atoms with van der Waals surface area (Å²) in [6.07, 6.45) is 0. The number of nitro groups is 1. The molecule has 7 heteroatoms. The smallest absolute Gasteiger partial charge is 0.310 e. The Bertz CT molecular complexity index is 677. The number of ether oxygens (including phenoxy) is 1. The van der Waals surface area contributed by atoms with Crippen molar-refractivity contribution in [3.05, 3.63) is 69.3 Å². The third kappa shape index (κ3) is 3.51. The van der Waals surface area contributed by atoms with Gasteiger partial charge < -0.3 is 10.5 Å². The summed E-state index contributed by atoms with van der Waals surface area (Å²) in [4.78, 5) is 10.3. The molecule has 0 unspecified atom stereocenters. The van der Waals surface area contributed by atoms with Gasteiger partial charge in [-0.25, -0.2) is 8.78 Å². The first kappa shape index (κ1) is 14.9. The van der Waals surface area contributed by atoms with Crippen molar-refractivity contribution in [1.82, 2.24) is 0 Å². The zero-order valence-electron chi connectivity index (χ0n) is 10.9. The summed E-state index contributed by atoms with van der Waals surface area (Å²) in [7, 11) is 0. The standard InChI is InChI=1S/C14H12F2N2O3/c15-11-3-2-10(12(16)6-11)8-21-14-5-9(7-17)1-4-13(14)18(19)20/h1-6H,7-8,17H2. The highest BCUT2D eigenvalue weighted by atomic mass is 19.1. The molecule has 0 saturated carbocycles. The second-order valence-corrected chi connectivity index (χ2v) is 4.29. The van der Waals surface area contributed by atoms with Gasteiger partial charge in [-0.2, -0.15) is 0 Å². The van der Waals surface area contributed by atoms with Gasteiger partial charge in [0.25, 0.3) is 0 Å². The predicted octanol–water partition coefficient (Wildman–Crippen LogP) is 2.91. The van der Waals surface area contributed by atoms with Crippen molar-refractivity contribution in [3.8, 4) is 5.75 Å². The molecule has 0 aromatic heterocycles. The lowest BCUT2D eigenvalue weighted by atomic mass is 10.2. The van der Waals surface area contributed by atoms with Gasteiger partial charge >= 0.3 is 5.69 Å². The largest absolute Gasteiger partial charge is 0.482 e. The van der Waals surface area contributed by atoms with E-state index >= 15 is 0 Å². The zero-order valence-corrected chi connectivity index (χ0v) is 10.9. The van der Waals surface area contributed by atoms with Crippen molar-refractivity contribution >= 4 is 5.69 Å². The molecular weight excluding hydrogens is 282 g/mol. The van der Waals surface area contributed by atoms with Crippen molar-refractivity contribution in [1.29, 1.82) is 0 Å². The van der Waals surface area contributed by atoms with Crippen molar-refractivity contribution in [3.63, 3.8) is 0 Å². The molecule has 0 aliphatic rings. The third-order valence-corrected chi connectivity index (χ3v) is 2.85. The lowest BCUT2D eigenvalue weighted by Gasteiger charge is -2.09. The van der Waals surface area contributed by atoms with E-state index in [2.05, 4.69) is 0 Å². The SMILES string of the molecule is NCc1ccc([N+](=O)[O-])c(OCc2ccc(F)cc2F)c1. The number of benzene rings is 2. The molecule has 110 valence electrons. The molecule has 0 amide bonds. The van der Waals surface area contributed by atoms with E-state index in [0.717, 1.165) is 12.1 Å². The van der Waals surface area contributed by atoms with E-state index in [4.69, 9.17) is 10.5 Å². The molecule has 21 heavy (non-hydrogen) atoms. The lowest BCUT2D eigenvalue weighted by molar-refractivity contribution is -0.386. The summed E-state index contributed by atoms with van der Waals surface area (Å²) in [6, 6.07) is 7.26. The van der Waals surface area contributed by atoms with E-state index in [0.29, 0.717) is 5.56 Å². The van der Waals surface area contributed by atoms with Crippen molar-refractivity contribution in [2.24, 2.45) is 5.73 Å². The highest BCUT2D eigenvalue weighted by molar-refractivity contribution is 5.48. The maximum Gasteiger partial charge on any atom is 0.310 e. The minimum Gasteiger partial charge on any atom is -0.482 e. The Morgan fingerprint density at radius 2 is 1.95 bits per heavy atom. The molecule has 0 fully saturated rings. The van der Waals surface area contributed by atoms with Crippen molar-refractivity contribution < 1.29 is 18.4 Å². The molecule has 0 radical (unpaired) electrons. The average Bonchev–Trinajstić information content (AvgIpc) is 2.45. The number of nitro benzene ring substituents is 1. The number of nitrogens with zero attached hydrogens (tertiary/aromatic N) is 1. The first-order chi connectivity index (χ1) is 10.0. The summed E-state index contributed by atoms with van der Waals surface area (Å²) in [5, 5.41) is 10.9. The van der Waals surface area contributed by atoms with Crippen LogP contribution in [0.1, 0.15) is 11.1 Å². The van der Waals surface area contributed by atoms with Gasteiger partial charge in [-0.3, -0.25) is 10.1 Å². The Morgan fingerprint density at radius 1 is 1.19 bits per heavy atom. The number of hydrogen-bond acceptors (Lipinski definition) is 4. The fourth-order valence-electron chi connectivity index (χ4n) is 1.75. The second kappa shape index (κ2) is 6.27. The summed E-state index contributed by atoms with van der Waals surface area (Å²) in [6.45, 7) is -0.0553. The fraction of sp³-hybridized carbons (Fsp3) is 0.143. The molecule has 0 aliphatic heterocycles. The van der Waals surface area contributed by atoms with Gasteiger partial charge in [0.15, 0.2) is 5.75 Å². The summed E-state index contributed by atoms with van der Waals surface area (Å²) in [5.41, 5.74) is 5.97. The second-order valence-electron chi connectivity index (χ2n) is 4.29. The highest BCUT2D eigenvalue weighted by Crippen LogP contribution is 2.29. The summed E-state index contributed by atoms with van der Waals surface area (Å²) >= 11 is 0. The number of halogens is 2. The molecule has 2 rings (SSSR count). The molecule has 5 nitrogen and oxygen atoms in total. The molecule has 0 atom stereocenters. The molecule has 2 aromatic carbocycles. The minimum atomic E-state index is -0.771. The van der Waals surface area contributed by atoms with Crippen LogP contribution in [-0.4, -0.2) is 4.92 Å². The number of rotatable bonds is 5. The number of hydrogen-bond donors (Lipinski definition) is 1. The molecule has 0 saturated heterocycles. The molecule has 2 N–H and O–H groups in total. The van der Waals surface area contributed by atoms with Gasteiger partial charge in [0.1, 0.15) is 18.2 Å². The highest BCUT2D eigenvalue weighted by Gasteiger charge is 2.16. The quantitative estimate of drug-likeness (QED) is 0.679. The Kier molecular flexibility index (Phi) is 4.44. The normalized spacial score (nSPS) is 10.4. The summed E-state index contributed by atoms with van der Waals surface area (Å²) < 4.78 is 31.6. The number of nitrogens with two attached hydrogens (primary N) is 1. The van der Waals surface area contributed by atoms with Crippen LogP contribution in [-0.2, 0) is 13.2 Å². The topological polar surface area (TPSA) is 78.4 Å². The van der Waals surface area contributed by atoms with Crippen molar-refractivity contribution in [2.75, 3.05) is 0 Å². The molecular formula is C14H12F2N2O3. The van der Waals surface area contributed by atoms with Crippen LogP contribution in [0.4, 0.5) is 14.5 Å². The summed E-state index contributed by atoms with van der Waals surface area (Å²) in [5.74, 6) is -1.48. The van der Waals surface area contributed by atoms with Crippen LogP contribution >= 0.6 is 0 Å². The van der Waals surface area contributed by atoms with Gasteiger partial charge in [0.2, 0.25) is 0 Å². The van der Waals surface area contributed by atoms with E-state index < -0.39 is 16.6 Å². The Labute approximate surface area is 119 Å². The van der Waals surface area contributed by atoms with Gasteiger partial charge in [-0.05, 0) is 23.8 Å². The van der Waals surface area contributed by atoms with Gasteiger partial charge in [0, 0.05) is 24.2 Å². The van der Waals surface area contributed by atoms with E-state index in [-0.39, 0.29) is 30.2 Å². The predicted molar refractivity (Wildman–Crippen MR) is 71.7 cm³/mol. The molecule has 0 bridgehead atoms. The van der Waals surface area contributed by atoms with E-state index in [9.17, 15) is 18.9 Å². The van der Waals surface area contributed by atoms with Crippen LogP contribution in [0.2, 0.25) is 0 Å². The van der Waals surface area contributed by atoms with Crippen molar-refractivity contribution in [2.45, 2.75) is 13.2 Å². The zero-order chi connectivity index (χ0) is 15.4. The Hall–Kier alpha value is -2.54. The first-order valence-corrected chi connectivity index (χ1v) is 6.05. The van der Waals surface area contributed by atoms with E-state index in [1.165, 1.54) is 24.3 Å². The minimum absolute atomic E-state index is 0.00771. The average molecular weight is 294 g/mol. The van der Waals surface area contributed by atoms with E-state index in [1.54, 1.807) is 0 Å². The fourth-order valence-corrected chi connectivity index (χ4v) is 1.75. The van der Waals surface area contributed by atoms with Crippen LogP contribution in [0, 0.1) is 21.7 Å². The van der Waals surface area contributed by atoms with Crippen LogP contribution in [0.3, 0.4) is 0 Å². The van der Waals surface area contributed by atoms with Crippen LogP contribution in [0.5, 0.6) is 5.75 Å². The van der Waals surface area contributed by atoms with Crippen LogP contribution in [0.15, 0.2) is 36.4 Å². The molecule has 0 spiro atoms. The molecule has 0 aliphatic carbocycles. The third-order valence-electron chi connectivity index (χ3n) is 2.85. The van der Waals surface area contributed by atoms with Crippen LogP contribution in [0.25, 0.3) is 0 Å².